The lowest BCUT2D eigenvalue weighted by Gasteiger charge is -2.15. The number of rotatable bonds is 4. The van der Waals surface area contributed by atoms with Crippen LogP contribution in [0.1, 0.15) is 23.0 Å². The molecule has 0 saturated carbocycles. The van der Waals surface area contributed by atoms with E-state index in [4.69, 9.17) is 0 Å². The number of aromatic nitrogens is 1. The van der Waals surface area contributed by atoms with Gasteiger partial charge in [-0.2, -0.15) is 0 Å². The van der Waals surface area contributed by atoms with Gasteiger partial charge in [0.2, 0.25) is 0 Å². The third-order valence-electron chi connectivity index (χ3n) is 1.91. The zero-order valence-corrected chi connectivity index (χ0v) is 9.62. The van der Waals surface area contributed by atoms with Crippen molar-refractivity contribution in [3.63, 3.8) is 0 Å². The van der Waals surface area contributed by atoms with Crippen LogP contribution in [0.5, 0.6) is 11.5 Å². The quantitative estimate of drug-likeness (QED) is 0.678. The van der Waals surface area contributed by atoms with Crippen LogP contribution in [0.15, 0.2) is 6.20 Å². The zero-order valence-electron chi connectivity index (χ0n) is 9.62. The van der Waals surface area contributed by atoms with Crippen LogP contribution in [0.2, 0.25) is 0 Å². The lowest BCUT2D eigenvalue weighted by Crippen LogP contribution is -2.21. The Kier molecular flexibility index (Phi) is 4.52. The first-order valence-electron chi connectivity index (χ1n) is 4.99. The Morgan fingerprint density at radius 3 is 2.58 bits per heavy atom. The van der Waals surface area contributed by atoms with Crippen molar-refractivity contribution in [3.05, 3.63) is 17.5 Å². The molecule has 1 aromatic heterocycles. The van der Waals surface area contributed by atoms with Crippen molar-refractivity contribution in [2.45, 2.75) is 20.0 Å². The summed E-state index contributed by atoms with van der Waals surface area (Å²) >= 11 is 0. The summed E-state index contributed by atoms with van der Waals surface area (Å²) in [5, 5.41) is 9.37. The lowest BCUT2D eigenvalue weighted by atomic mass is 10.2. The van der Waals surface area contributed by atoms with E-state index in [9.17, 15) is 27.5 Å². The molecular formula is C10H9F4NO4. The molecule has 9 heteroatoms. The predicted octanol–water partition coefficient (Wildman–Crippen LogP) is 2.33. The molecule has 106 valence electrons. The number of halogens is 4. The predicted molar refractivity (Wildman–Crippen MR) is 53.4 cm³/mol. The van der Waals surface area contributed by atoms with Crippen LogP contribution in [0.4, 0.5) is 17.6 Å². The molecule has 0 aromatic carbocycles. The lowest BCUT2D eigenvalue weighted by molar-refractivity contribution is -0.275. The van der Waals surface area contributed by atoms with Gasteiger partial charge in [0.25, 0.3) is 0 Å². The molecular weight excluding hydrogens is 274 g/mol. The number of carbonyl (C=O) groups is 1. The maximum Gasteiger partial charge on any atom is 0.573 e. The molecule has 1 aromatic rings. The summed E-state index contributed by atoms with van der Waals surface area (Å²) in [4.78, 5) is 14.7. The fourth-order valence-electron chi connectivity index (χ4n) is 1.24. The second-order valence-electron chi connectivity index (χ2n) is 3.20. The van der Waals surface area contributed by atoms with E-state index in [0.29, 0.717) is 6.20 Å². The van der Waals surface area contributed by atoms with Crippen molar-refractivity contribution in [1.82, 2.24) is 4.98 Å². The summed E-state index contributed by atoms with van der Waals surface area (Å²) in [6, 6.07) is 0. The van der Waals surface area contributed by atoms with E-state index >= 15 is 0 Å². The first-order chi connectivity index (χ1) is 8.80. The van der Waals surface area contributed by atoms with Gasteiger partial charge >= 0.3 is 12.3 Å². The molecule has 0 aliphatic rings. The van der Waals surface area contributed by atoms with E-state index in [0.717, 1.165) is 0 Å². The minimum atomic E-state index is -5.17. The Balaban J connectivity index is 3.36. The molecule has 0 fully saturated rings. The monoisotopic (exact) mass is 283 g/mol. The average Bonchev–Trinajstić information content (AvgIpc) is 2.27. The van der Waals surface area contributed by atoms with Gasteiger partial charge < -0.3 is 14.6 Å². The Hall–Kier alpha value is -2.06. The molecule has 0 aliphatic carbocycles. The fraction of sp³-hybridized carbons (Fsp3) is 0.400. The highest BCUT2D eigenvalue weighted by molar-refractivity contribution is 5.95. The minimum absolute atomic E-state index is 0.142. The van der Waals surface area contributed by atoms with Crippen LogP contribution in [0.3, 0.4) is 0 Å². The number of ether oxygens (including phenoxy) is 2. The van der Waals surface area contributed by atoms with Gasteiger partial charge in [-0.15, -0.1) is 13.2 Å². The topological polar surface area (TPSA) is 68.7 Å². The van der Waals surface area contributed by atoms with E-state index in [2.05, 4.69) is 14.5 Å². The van der Waals surface area contributed by atoms with Crippen molar-refractivity contribution in [2.75, 3.05) is 6.61 Å². The summed E-state index contributed by atoms with van der Waals surface area (Å²) < 4.78 is 57.2. The van der Waals surface area contributed by atoms with Crippen LogP contribution in [-0.2, 0) is 11.4 Å². The van der Waals surface area contributed by atoms with Gasteiger partial charge in [-0.1, -0.05) is 0 Å². The van der Waals surface area contributed by atoms with Crippen LogP contribution >= 0.6 is 0 Å². The SMILES string of the molecule is CCOC(=O)c1c(O)cnc(CF)c1OC(F)(F)F. The van der Waals surface area contributed by atoms with E-state index < -0.39 is 41.8 Å². The number of hydrogen-bond donors (Lipinski definition) is 1. The largest absolute Gasteiger partial charge is 0.573 e. The highest BCUT2D eigenvalue weighted by Gasteiger charge is 2.36. The normalized spacial score (nSPS) is 11.2. The third-order valence-corrected chi connectivity index (χ3v) is 1.91. The highest BCUT2D eigenvalue weighted by Crippen LogP contribution is 2.35. The smallest absolute Gasteiger partial charge is 0.505 e. The fourth-order valence-corrected chi connectivity index (χ4v) is 1.24. The molecule has 1 heterocycles. The molecule has 19 heavy (non-hydrogen) atoms. The first-order valence-corrected chi connectivity index (χ1v) is 4.99. The van der Waals surface area contributed by atoms with E-state index in [1.54, 1.807) is 0 Å². The number of nitrogens with zero attached hydrogens (tertiary/aromatic N) is 1. The van der Waals surface area contributed by atoms with Gasteiger partial charge in [-0.25, -0.2) is 9.18 Å². The number of aromatic hydroxyl groups is 1. The second-order valence-corrected chi connectivity index (χ2v) is 3.20. The van der Waals surface area contributed by atoms with Crippen LogP contribution < -0.4 is 4.74 Å². The summed E-state index contributed by atoms with van der Waals surface area (Å²) in [6.45, 7) is -0.133. The second kappa shape index (κ2) is 5.72. The number of alkyl halides is 4. The van der Waals surface area contributed by atoms with Gasteiger partial charge in [0, 0.05) is 0 Å². The van der Waals surface area contributed by atoms with Crippen molar-refractivity contribution >= 4 is 5.97 Å². The summed E-state index contributed by atoms with van der Waals surface area (Å²) in [6.07, 6.45) is -4.52. The number of hydrogen-bond acceptors (Lipinski definition) is 5. The van der Waals surface area contributed by atoms with Gasteiger partial charge in [0.15, 0.2) is 11.5 Å². The van der Waals surface area contributed by atoms with Crippen LogP contribution in [-0.4, -0.2) is 29.0 Å². The molecule has 5 nitrogen and oxygen atoms in total. The molecule has 1 N–H and O–H groups in total. The van der Waals surface area contributed by atoms with Crippen molar-refractivity contribution in [1.29, 1.82) is 0 Å². The maximum absolute atomic E-state index is 12.6. The molecule has 0 amide bonds. The Bertz CT molecular complexity index is 475. The molecule has 1 rings (SSSR count). The summed E-state index contributed by atoms with van der Waals surface area (Å²) in [5.41, 5.74) is -1.68. The highest BCUT2D eigenvalue weighted by atomic mass is 19.4. The number of esters is 1. The Morgan fingerprint density at radius 1 is 1.47 bits per heavy atom. The maximum atomic E-state index is 12.6. The Morgan fingerprint density at radius 2 is 2.11 bits per heavy atom. The van der Waals surface area contributed by atoms with Crippen molar-refractivity contribution < 1.29 is 36.9 Å². The average molecular weight is 283 g/mol. The minimum Gasteiger partial charge on any atom is -0.505 e. The van der Waals surface area contributed by atoms with Crippen LogP contribution in [0.25, 0.3) is 0 Å². The standard InChI is InChI=1S/C10H9F4NO4/c1-2-18-9(17)7-6(16)4-15-5(3-11)8(7)19-10(12,13)14/h4,16H,2-3H2,1H3. The van der Waals surface area contributed by atoms with E-state index in [-0.39, 0.29) is 6.61 Å². The van der Waals surface area contributed by atoms with E-state index in [1.807, 2.05) is 0 Å². The molecule has 0 aliphatic heterocycles. The molecule has 0 bridgehead atoms. The van der Waals surface area contributed by atoms with Gasteiger partial charge in [-0.3, -0.25) is 4.98 Å². The molecule has 0 radical (unpaired) electrons. The van der Waals surface area contributed by atoms with Gasteiger partial charge in [0.1, 0.15) is 17.9 Å². The first kappa shape index (κ1) is 15.0. The van der Waals surface area contributed by atoms with Gasteiger partial charge in [-0.05, 0) is 6.92 Å². The number of pyridine rings is 1. The molecule has 0 atom stereocenters. The number of carbonyl (C=O) groups excluding carboxylic acids is 1. The third kappa shape index (κ3) is 3.70. The van der Waals surface area contributed by atoms with E-state index in [1.165, 1.54) is 6.92 Å². The van der Waals surface area contributed by atoms with Crippen molar-refractivity contribution in [2.24, 2.45) is 0 Å². The molecule has 0 spiro atoms. The van der Waals surface area contributed by atoms with Crippen LogP contribution in [0, 0.1) is 0 Å². The Labute approximate surface area is 104 Å². The van der Waals surface area contributed by atoms with Crippen molar-refractivity contribution in [3.8, 4) is 11.5 Å². The summed E-state index contributed by atoms with van der Waals surface area (Å²) in [5.74, 6) is -3.36. The molecule has 0 saturated heterocycles. The summed E-state index contributed by atoms with van der Waals surface area (Å²) in [7, 11) is 0. The molecule has 0 unspecified atom stereocenters. The zero-order chi connectivity index (χ0) is 14.6. The van der Waals surface area contributed by atoms with Gasteiger partial charge in [0.05, 0.1) is 12.8 Å².